The summed E-state index contributed by atoms with van der Waals surface area (Å²) in [5, 5.41) is 3.96. The minimum atomic E-state index is -0.191. The molecule has 0 amide bonds. The van der Waals surface area contributed by atoms with Gasteiger partial charge < -0.3 is 4.42 Å². The number of aromatic nitrogens is 2. The van der Waals surface area contributed by atoms with E-state index >= 15 is 0 Å². The Morgan fingerprint density at radius 3 is 2.94 bits per heavy atom. The minimum absolute atomic E-state index is 0.191. The third-order valence-corrected chi connectivity index (χ3v) is 2.11. The summed E-state index contributed by atoms with van der Waals surface area (Å²) in [6.07, 6.45) is 2.22. The molecule has 0 radical (unpaired) electrons. The molecule has 0 atom stereocenters. The van der Waals surface area contributed by atoms with E-state index in [9.17, 15) is 9.59 Å². The van der Waals surface area contributed by atoms with E-state index in [0.29, 0.717) is 12.0 Å². The second-order valence-electron chi connectivity index (χ2n) is 3.45. The summed E-state index contributed by atoms with van der Waals surface area (Å²) in [4.78, 5) is 21.9. The van der Waals surface area contributed by atoms with Crippen molar-refractivity contribution < 1.29 is 9.21 Å². The molecule has 0 saturated carbocycles. The van der Waals surface area contributed by atoms with Crippen LogP contribution in [0.1, 0.15) is 21.9 Å². The minimum Gasteiger partial charge on any atom is -0.456 e. The Balaban J connectivity index is 2.26. The number of aldehydes is 1. The Bertz CT molecular complexity index is 569. The smallest absolute Gasteiger partial charge is 0.267 e. The lowest BCUT2D eigenvalue weighted by molar-refractivity contribution is 0.109. The second kappa shape index (κ2) is 4.14. The van der Waals surface area contributed by atoms with E-state index in [1.165, 1.54) is 10.7 Å². The van der Waals surface area contributed by atoms with Gasteiger partial charge in [-0.05, 0) is 24.6 Å². The molecule has 0 aliphatic carbocycles. The lowest BCUT2D eigenvalue weighted by Gasteiger charge is -2.01. The van der Waals surface area contributed by atoms with E-state index in [4.69, 9.17) is 4.42 Å². The van der Waals surface area contributed by atoms with E-state index in [1.807, 2.05) is 0 Å². The monoisotopic (exact) mass is 218 g/mol. The molecule has 5 nitrogen and oxygen atoms in total. The first kappa shape index (κ1) is 10.4. The number of nitrogens with zero attached hydrogens (tertiary/aromatic N) is 2. The second-order valence-corrected chi connectivity index (χ2v) is 3.45. The number of rotatable bonds is 3. The number of hydrogen-bond donors (Lipinski definition) is 0. The first-order valence-corrected chi connectivity index (χ1v) is 4.77. The fraction of sp³-hybridized carbons (Fsp3) is 0.182. The Morgan fingerprint density at radius 2 is 2.31 bits per heavy atom. The van der Waals surface area contributed by atoms with Crippen molar-refractivity contribution in [3.8, 4) is 0 Å². The van der Waals surface area contributed by atoms with Gasteiger partial charge in [-0.2, -0.15) is 5.10 Å². The highest BCUT2D eigenvalue weighted by atomic mass is 16.3. The van der Waals surface area contributed by atoms with Crippen LogP contribution in [0, 0.1) is 6.92 Å². The van der Waals surface area contributed by atoms with Crippen molar-refractivity contribution >= 4 is 6.29 Å². The predicted molar refractivity (Wildman–Crippen MR) is 56.4 cm³/mol. The lowest BCUT2D eigenvalue weighted by Crippen LogP contribution is -2.22. The molecule has 16 heavy (non-hydrogen) atoms. The molecule has 2 heterocycles. The largest absolute Gasteiger partial charge is 0.456 e. The van der Waals surface area contributed by atoms with Gasteiger partial charge in [0.2, 0.25) is 0 Å². The molecule has 0 N–H and O–H groups in total. The fourth-order valence-electron chi connectivity index (χ4n) is 1.33. The van der Waals surface area contributed by atoms with Crippen LogP contribution in [0.2, 0.25) is 0 Å². The van der Waals surface area contributed by atoms with E-state index in [-0.39, 0.29) is 17.9 Å². The molecule has 0 aromatic carbocycles. The molecular weight excluding hydrogens is 208 g/mol. The topological polar surface area (TPSA) is 65.1 Å². The van der Waals surface area contributed by atoms with Gasteiger partial charge in [0.1, 0.15) is 12.3 Å². The van der Waals surface area contributed by atoms with Gasteiger partial charge in [0.05, 0.1) is 6.20 Å². The van der Waals surface area contributed by atoms with Crippen LogP contribution < -0.4 is 5.56 Å². The number of furan rings is 1. The van der Waals surface area contributed by atoms with Crippen molar-refractivity contribution in [1.29, 1.82) is 0 Å². The van der Waals surface area contributed by atoms with Crippen LogP contribution in [0.25, 0.3) is 0 Å². The van der Waals surface area contributed by atoms with Crippen molar-refractivity contribution in [3.05, 3.63) is 51.8 Å². The summed E-state index contributed by atoms with van der Waals surface area (Å²) in [7, 11) is 0. The first-order valence-electron chi connectivity index (χ1n) is 4.77. The number of carbonyl (C=O) groups excluding carboxylic acids is 1. The SMILES string of the molecule is Cc1cnn(Cc2ccc(C=O)o2)c(=O)c1. The van der Waals surface area contributed by atoms with Crippen molar-refractivity contribution in [2.75, 3.05) is 0 Å². The summed E-state index contributed by atoms with van der Waals surface area (Å²) in [6.45, 7) is 2.03. The molecule has 2 aromatic rings. The third-order valence-electron chi connectivity index (χ3n) is 2.11. The maximum Gasteiger partial charge on any atom is 0.267 e. The number of hydrogen-bond acceptors (Lipinski definition) is 4. The number of aryl methyl sites for hydroxylation is 1. The zero-order valence-electron chi connectivity index (χ0n) is 8.71. The normalized spacial score (nSPS) is 10.3. The van der Waals surface area contributed by atoms with Crippen molar-refractivity contribution in [1.82, 2.24) is 9.78 Å². The Hall–Kier alpha value is -2.17. The molecule has 0 bridgehead atoms. The molecule has 82 valence electrons. The van der Waals surface area contributed by atoms with Crippen LogP contribution in [0.5, 0.6) is 0 Å². The van der Waals surface area contributed by atoms with Gasteiger partial charge in [0.15, 0.2) is 12.0 Å². The predicted octanol–water partition coefficient (Wildman–Crippen LogP) is 1.01. The first-order chi connectivity index (χ1) is 7.69. The Labute approximate surface area is 91.3 Å². The molecule has 0 unspecified atom stereocenters. The molecule has 5 heteroatoms. The lowest BCUT2D eigenvalue weighted by atomic mass is 10.3. The third kappa shape index (κ3) is 2.08. The zero-order valence-corrected chi connectivity index (χ0v) is 8.71. The summed E-state index contributed by atoms with van der Waals surface area (Å²) in [5.74, 6) is 0.774. The van der Waals surface area contributed by atoms with Crippen LogP contribution in [0.3, 0.4) is 0 Å². The molecule has 2 rings (SSSR count). The van der Waals surface area contributed by atoms with Gasteiger partial charge in [-0.15, -0.1) is 0 Å². The van der Waals surface area contributed by atoms with Gasteiger partial charge in [-0.1, -0.05) is 0 Å². The Morgan fingerprint density at radius 1 is 1.50 bits per heavy atom. The van der Waals surface area contributed by atoms with Crippen molar-refractivity contribution in [2.24, 2.45) is 0 Å². The molecule has 0 fully saturated rings. The maximum atomic E-state index is 11.5. The highest BCUT2D eigenvalue weighted by molar-refractivity contribution is 5.70. The quantitative estimate of drug-likeness (QED) is 0.721. The van der Waals surface area contributed by atoms with E-state index in [2.05, 4.69) is 5.10 Å². The van der Waals surface area contributed by atoms with Crippen LogP contribution in [0.4, 0.5) is 0 Å². The average molecular weight is 218 g/mol. The van der Waals surface area contributed by atoms with E-state index in [1.54, 1.807) is 25.3 Å². The molecule has 0 spiro atoms. The Kier molecular flexibility index (Phi) is 2.68. The van der Waals surface area contributed by atoms with Crippen LogP contribution in [-0.2, 0) is 6.54 Å². The summed E-state index contributed by atoms with van der Waals surface area (Å²) < 4.78 is 6.43. The highest BCUT2D eigenvalue weighted by Crippen LogP contribution is 2.06. The zero-order chi connectivity index (χ0) is 11.5. The van der Waals surface area contributed by atoms with Crippen LogP contribution >= 0.6 is 0 Å². The molecule has 2 aromatic heterocycles. The van der Waals surface area contributed by atoms with Gasteiger partial charge in [0, 0.05) is 6.07 Å². The van der Waals surface area contributed by atoms with Crippen molar-refractivity contribution in [2.45, 2.75) is 13.5 Å². The van der Waals surface area contributed by atoms with Crippen LogP contribution in [0.15, 0.2) is 33.6 Å². The average Bonchev–Trinajstić information content (AvgIpc) is 2.70. The van der Waals surface area contributed by atoms with Gasteiger partial charge >= 0.3 is 0 Å². The summed E-state index contributed by atoms with van der Waals surface area (Å²) in [6, 6.07) is 4.70. The van der Waals surface area contributed by atoms with Gasteiger partial charge in [-0.3, -0.25) is 9.59 Å². The summed E-state index contributed by atoms with van der Waals surface area (Å²) in [5.41, 5.74) is 0.623. The standard InChI is InChI=1S/C11H10N2O3/c1-8-4-11(15)13(12-5-8)6-9-2-3-10(7-14)16-9/h2-5,7H,6H2,1H3. The van der Waals surface area contributed by atoms with E-state index < -0.39 is 0 Å². The number of carbonyl (C=O) groups is 1. The summed E-state index contributed by atoms with van der Waals surface area (Å²) >= 11 is 0. The van der Waals surface area contributed by atoms with E-state index in [0.717, 1.165) is 5.56 Å². The fourth-order valence-corrected chi connectivity index (χ4v) is 1.33. The van der Waals surface area contributed by atoms with Crippen LogP contribution in [-0.4, -0.2) is 16.1 Å². The molecular formula is C11H10N2O3. The molecule has 0 aliphatic rings. The highest BCUT2D eigenvalue weighted by Gasteiger charge is 2.04. The van der Waals surface area contributed by atoms with Gasteiger partial charge in [0.25, 0.3) is 5.56 Å². The van der Waals surface area contributed by atoms with Gasteiger partial charge in [-0.25, -0.2) is 4.68 Å². The van der Waals surface area contributed by atoms with Crippen molar-refractivity contribution in [3.63, 3.8) is 0 Å². The maximum absolute atomic E-state index is 11.5. The molecule has 0 saturated heterocycles. The molecule has 0 aliphatic heterocycles.